The number of hydrogen-bond donors (Lipinski definition) is 4. The molecule has 2 aromatic heterocycles. The molecule has 3 atom stereocenters. The fraction of sp³-hybridized carbons (Fsp3) is 0.545. The minimum Gasteiger partial charge on any atom is -0.394 e. The molecule has 3 rings (SSSR count). The van der Waals surface area contributed by atoms with E-state index in [1.807, 2.05) is 0 Å². The summed E-state index contributed by atoms with van der Waals surface area (Å²) in [7, 11) is 0. The lowest BCUT2D eigenvalue weighted by molar-refractivity contribution is -0.0512. The monoisotopic (exact) mass is 281 g/mol. The number of aliphatic hydroxyl groups excluding tert-OH is 3. The number of nitrogen functional groups attached to an aromatic ring is 1. The van der Waals surface area contributed by atoms with Crippen LogP contribution in [0.3, 0.4) is 0 Å². The fourth-order valence-electron chi connectivity index (χ4n) is 2.43. The van der Waals surface area contributed by atoms with Crippen molar-refractivity contribution in [1.29, 1.82) is 0 Å². The molecule has 0 bridgehead atoms. The van der Waals surface area contributed by atoms with E-state index in [0.717, 1.165) is 0 Å². The Morgan fingerprint density at radius 3 is 2.85 bits per heavy atom. The topological polar surface area (TPSA) is 140 Å². The number of hydrogen-bond acceptors (Lipinski definition) is 8. The van der Waals surface area contributed by atoms with Crippen LogP contribution in [0.4, 0.5) is 5.82 Å². The molecule has 1 fully saturated rings. The molecule has 0 spiro atoms. The van der Waals surface area contributed by atoms with Crippen LogP contribution in [-0.4, -0.2) is 53.7 Å². The molecule has 1 aliphatic heterocycles. The van der Waals surface area contributed by atoms with E-state index in [4.69, 9.17) is 15.6 Å². The minimum absolute atomic E-state index is 0.189. The van der Waals surface area contributed by atoms with Gasteiger partial charge >= 0.3 is 0 Å². The SMILES string of the molecule is Nc1ncnc2c1nc(CO)n2[C@@H]1O[C@H](CO)C[C@H]1O. The first-order valence-corrected chi connectivity index (χ1v) is 6.18. The highest BCUT2D eigenvalue weighted by Gasteiger charge is 2.37. The zero-order chi connectivity index (χ0) is 14.3. The van der Waals surface area contributed by atoms with Crippen LogP contribution in [0.15, 0.2) is 6.33 Å². The summed E-state index contributed by atoms with van der Waals surface area (Å²) < 4.78 is 7.06. The lowest BCUT2D eigenvalue weighted by Crippen LogP contribution is -2.22. The summed E-state index contributed by atoms with van der Waals surface area (Å²) >= 11 is 0. The molecular weight excluding hydrogens is 266 g/mol. The molecule has 20 heavy (non-hydrogen) atoms. The Balaban J connectivity index is 2.13. The van der Waals surface area contributed by atoms with Crippen molar-refractivity contribution in [3.63, 3.8) is 0 Å². The van der Waals surface area contributed by atoms with Crippen molar-refractivity contribution >= 4 is 17.0 Å². The number of ether oxygens (including phenoxy) is 1. The van der Waals surface area contributed by atoms with E-state index in [0.29, 0.717) is 17.6 Å². The van der Waals surface area contributed by atoms with E-state index in [-0.39, 0.29) is 24.9 Å². The maximum Gasteiger partial charge on any atom is 0.167 e. The number of aliphatic hydroxyl groups is 3. The van der Waals surface area contributed by atoms with Crippen molar-refractivity contribution in [2.75, 3.05) is 12.3 Å². The smallest absolute Gasteiger partial charge is 0.167 e. The van der Waals surface area contributed by atoms with E-state index >= 15 is 0 Å². The molecule has 0 amide bonds. The Morgan fingerprint density at radius 2 is 2.20 bits per heavy atom. The van der Waals surface area contributed by atoms with Crippen molar-refractivity contribution in [1.82, 2.24) is 19.5 Å². The Morgan fingerprint density at radius 1 is 1.40 bits per heavy atom. The third kappa shape index (κ3) is 1.91. The van der Waals surface area contributed by atoms with Crippen molar-refractivity contribution < 1.29 is 20.1 Å². The molecule has 9 heteroatoms. The summed E-state index contributed by atoms with van der Waals surface area (Å²) in [4.78, 5) is 12.1. The molecular formula is C11H15N5O4. The van der Waals surface area contributed by atoms with E-state index in [2.05, 4.69) is 15.0 Å². The molecule has 0 aliphatic carbocycles. The quantitative estimate of drug-likeness (QED) is 0.535. The summed E-state index contributed by atoms with van der Waals surface area (Å²) in [5.41, 5.74) is 6.45. The first-order valence-electron chi connectivity index (χ1n) is 6.18. The second kappa shape index (κ2) is 4.94. The third-order valence-electron chi connectivity index (χ3n) is 3.34. The van der Waals surface area contributed by atoms with Gasteiger partial charge in [-0.2, -0.15) is 0 Å². The molecule has 3 heterocycles. The van der Waals surface area contributed by atoms with Gasteiger partial charge < -0.3 is 25.8 Å². The van der Waals surface area contributed by atoms with Crippen LogP contribution in [-0.2, 0) is 11.3 Å². The highest BCUT2D eigenvalue weighted by atomic mass is 16.5. The highest BCUT2D eigenvalue weighted by molar-refractivity contribution is 5.81. The number of fused-ring (bicyclic) bond motifs is 1. The lowest BCUT2D eigenvalue weighted by Gasteiger charge is -2.18. The summed E-state index contributed by atoms with van der Waals surface area (Å²) in [5, 5.41) is 28.6. The number of anilines is 1. The zero-order valence-electron chi connectivity index (χ0n) is 10.5. The molecule has 5 N–H and O–H groups in total. The summed E-state index contributed by atoms with van der Waals surface area (Å²) in [6.07, 6.45) is -0.480. The molecule has 0 unspecified atom stereocenters. The second-order valence-corrected chi connectivity index (χ2v) is 4.62. The summed E-state index contributed by atoms with van der Waals surface area (Å²) in [6, 6.07) is 0. The highest BCUT2D eigenvalue weighted by Crippen LogP contribution is 2.32. The van der Waals surface area contributed by atoms with Gasteiger partial charge in [0.15, 0.2) is 23.2 Å². The zero-order valence-corrected chi connectivity index (χ0v) is 10.5. The van der Waals surface area contributed by atoms with Crippen molar-refractivity contribution in [3.05, 3.63) is 12.2 Å². The van der Waals surface area contributed by atoms with Crippen LogP contribution in [0.2, 0.25) is 0 Å². The van der Waals surface area contributed by atoms with Gasteiger partial charge in [0.1, 0.15) is 24.9 Å². The van der Waals surface area contributed by atoms with Crippen molar-refractivity contribution in [2.24, 2.45) is 0 Å². The number of aromatic nitrogens is 4. The Kier molecular flexibility index (Phi) is 3.26. The Hall–Kier alpha value is -1.81. The van der Waals surface area contributed by atoms with Gasteiger partial charge in [0.2, 0.25) is 0 Å². The maximum absolute atomic E-state index is 10.1. The van der Waals surface area contributed by atoms with Gasteiger partial charge in [0.05, 0.1) is 12.7 Å². The largest absolute Gasteiger partial charge is 0.394 e. The molecule has 108 valence electrons. The summed E-state index contributed by atoms with van der Waals surface area (Å²) in [6.45, 7) is -0.544. The predicted molar refractivity (Wildman–Crippen MR) is 67.3 cm³/mol. The maximum atomic E-state index is 10.1. The molecule has 1 saturated heterocycles. The van der Waals surface area contributed by atoms with Crippen LogP contribution in [0.1, 0.15) is 18.5 Å². The number of nitrogens with two attached hydrogens (primary N) is 1. The molecule has 0 radical (unpaired) electrons. The fourth-order valence-corrected chi connectivity index (χ4v) is 2.43. The second-order valence-electron chi connectivity index (χ2n) is 4.62. The average Bonchev–Trinajstić information content (AvgIpc) is 2.99. The van der Waals surface area contributed by atoms with Crippen LogP contribution in [0.5, 0.6) is 0 Å². The molecule has 0 aromatic carbocycles. The van der Waals surface area contributed by atoms with Gasteiger partial charge in [-0.1, -0.05) is 0 Å². The number of imidazole rings is 1. The molecule has 1 aliphatic rings. The average molecular weight is 281 g/mol. The van der Waals surface area contributed by atoms with Crippen molar-refractivity contribution in [2.45, 2.75) is 31.5 Å². The molecule has 2 aromatic rings. The van der Waals surface area contributed by atoms with Crippen molar-refractivity contribution in [3.8, 4) is 0 Å². The summed E-state index contributed by atoms with van der Waals surface area (Å²) in [5.74, 6) is 0.462. The number of rotatable bonds is 3. The molecule has 9 nitrogen and oxygen atoms in total. The van der Waals surface area contributed by atoms with E-state index in [1.54, 1.807) is 0 Å². The molecule has 0 saturated carbocycles. The van der Waals surface area contributed by atoms with Gasteiger partial charge in [-0.05, 0) is 0 Å². The standard InChI is InChI=1S/C11H15N5O4/c12-9-8-10(14-4-13-9)16(7(3-18)15-8)11-6(19)1-5(2-17)20-11/h4-6,11,17-19H,1-3H2,(H2,12,13,14)/t5-,6+,11+/m0/s1. The normalized spacial score (nSPS) is 26.4. The van der Waals surface area contributed by atoms with Crippen LogP contribution in [0, 0.1) is 0 Å². The van der Waals surface area contributed by atoms with Gasteiger partial charge in [-0.15, -0.1) is 0 Å². The first kappa shape index (κ1) is 13.2. The minimum atomic E-state index is -0.828. The van der Waals surface area contributed by atoms with Gasteiger partial charge in [-0.3, -0.25) is 4.57 Å². The third-order valence-corrected chi connectivity index (χ3v) is 3.34. The van der Waals surface area contributed by atoms with E-state index in [1.165, 1.54) is 10.9 Å². The van der Waals surface area contributed by atoms with Crippen LogP contribution < -0.4 is 5.73 Å². The van der Waals surface area contributed by atoms with Crippen LogP contribution in [0.25, 0.3) is 11.2 Å². The van der Waals surface area contributed by atoms with Gasteiger partial charge in [0.25, 0.3) is 0 Å². The van der Waals surface area contributed by atoms with Crippen LogP contribution >= 0.6 is 0 Å². The Bertz CT molecular complexity index is 631. The van der Waals surface area contributed by atoms with Gasteiger partial charge in [0, 0.05) is 6.42 Å². The van der Waals surface area contributed by atoms with Gasteiger partial charge in [-0.25, -0.2) is 15.0 Å². The predicted octanol–water partition coefficient (Wildman–Crippen LogP) is -1.46. The first-order chi connectivity index (χ1) is 9.65. The number of nitrogens with zero attached hydrogens (tertiary/aromatic N) is 4. The Labute approximate surface area is 113 Å². The van der Waals surface area contributed by atoms with E-state index < -0.39 is 18.4 Å². The lowest BCUT2D eigenvalue weighted by atomic mass is 10.2. The van der Waals surface area contributed by atoms with E-state index in [9.17, 15) is 10.2 Å².